The summed E-state index contributed by atoms with van der Waals surface area (Å²) in [6.07, 6.45) is 7.35. The van der Waals surface area contributed by atoms with Crippen molar-refractivity contribution in [3.8, 4) is 5.88 Å². The lowest BCUT2D eigenvalue weighted by molar-refractivity contribution is 0.151. The fourth-order valence-electron chi connectivity index (χ4n) is 3.42. The van der Waals surface area contributed by atoms with E-state index in [0.29, 0.717) is 17.8 Å². The van der Waals surface area contributed by atoms with Crippen LogP contribution >= 0.6 is 24.0 Å². The van der Waals surface area contributed by atoms with Gasteiger partial charge in [0.15, 0.2) is 5.96 Å². The number of guanidine groups is 1. The summed E-state index contributed by atoms with van der Waals surface area (Å²) in [4.78, 5) is 11.5. The fourth-order valence-corrected chi connectivity index (χ4v) is 3.42. The molecule has 1 saturated heterocycles. The number of nitrogens with zero attached hydrogens (tertiary/aromatic N) is 3. The molecule has 1 aromatic heterocycles. The van der Waals surface area contributed by atoms with E-state index in [-0.39, 0.29) is 24.0 Å². The average Bonchev–Trinajstić information content (AvgIpc) is 2.98. The van der Waals surface area contributed by atoms with Gasteiger partial charge in [0, 0.05) is 31.9 Å². The van der Waals surface area contributed by atoms with Gasteiger partial charge in [-0.05, 0) is 37.2 Å². The fraction of sp³-hybridized carbons (Fsp3) is 0.647. The summed E-state index contributed by atoms with van der Waals surface area (Å²) in [5, 5.41) is 3.43. The van der Waals surface area contributed by atoms with Gasteiger partial charge in [-0.3, -0.25) is 0 Å². The number of pyridine rings is 1. The van der Waals surface area contributed by atoms with Crippen molar-refractivity contribution in [3.05, 3.63) is 23.9 Å². The zero-order valence-corrected chi connectivity index (χ0v) is 16.4. The van der Waals surface area contributed by atoms with Crippen LogP contribution in [0, 0.1) is 5.41 Å². The first-order valence-corrected chi connectivity index (χ1v) is 8.27. The molecule has 1 aromatic rings. The Labute approximate surface area is 155 Å². The zero-order valence-electron chi connectivity index (χ0n) is 14.0. The Hall–Kier alpha value is -1.05. The Morgan fingerprint density at radius 2 is 2.22 bits per heavy atom. The molecule has 5 nitrogen and oxygen atoms in total. The van der Waals surface area contributed by atoms with Crippen LogP contribution in [0.4, 0.5) is 0 Å². The summed E-state index contributed by atoms with van der Waals surface area (Å²) in [5.74, 6) is 1.69. The first kappa shape index (κ1) is 18.3. The number of hydrogen-bond donors (Lipinski definition) is 1. The molecule has 1 saturated carbocycles. The summed E-state index contributed by atoms with van der Waals surface area (Å²) in [6, 6.07) is 3.91. The second kappa shape index (κ2) is 8.17. The van der Waals surface area contributed by atoms with E-state index in [2.05, 4.69) is 22.1 Å². The van der Waals surface area contributed by atoms with Gasteiger partial charge in [-0.2, -0.15) is 0 Å². The van der Waals surface area contributed by atoms with Gasteiger partial charge in [0.05, 0.1) is 13.7 Å². The molecule has 1 aliphatic heterocycles. The van der Waals surface area contributed by atoms with Crippen LogP contribution in [0.25, 0.3) is 0 Å². The third-order valence-corrected chi connectivity index (χ3v) is 4.91. The van der Waals surface area contributed by atoms with Crippen LogP contribution in [0.5, 0.6) is 5.88 Å². The predicted molar refractivity (Wildman–Crippen MR) is 103 cm³/mol. The van der Waals surface area contributed by atoms with E-state index in [1.54, 1.807) is 7.11 Å². The highest BCUT2D eigenvalue weighted by atomic mass is 127. The standard InChI is InChI=1S/C17H26N4O.HI/c1-3-18-16(21-10-9-17(13-21)7-4-8-17)20-12-14-5-6-15(22-2)19-11-14;/h5-6,11H,3-4,7-10,12-13H2,1-2H3,(H,18,20);1H. The summed E-state index contributed by atoms with van der Waals surface area (Å²) >= 11 is 0. The number of aromatic nitrogens is 1. The minimum atomic E-state index is 0. The van der Waals surface area contributed by atoms with Crippen molar-refractivity contribution in [1.82, 2.24) is 15.2 Å². The lowest BCUT2D eigenvalue weighted by Gasteiger charge is -2.38. The van der Waals surface area contributed by atoms with E-state index in [0.717, 1.165) is 24.6 Å². The van der Waals surface area contributed by atoms with Crippen molar-refractivity contribution in [2.24, 2.45) is 10.4 Å². The molecule has 0 radical (unpaired) electrons. The summed E-state index contributed by atoms with van der Waals surface area (Å²) < 4.78 is 5.09. The van der Waals surface area contributed by atoms with Crippen molar-refractivity contribution < 1.29 is 4.74 Å². The topological polar surface area (TPSA) is 49.8 Å². The number of aliphatic imine (C=N–C) groups is 1. The van der Waals surface area contributed by atoms with Crippen molar-refractivity contribution in [3.63, 3.8) is 0 Å². The largest absolute Gasteiger partial charge is 0.481 e. The average molecular weight is 430 g/mol. The van der Waals surface area contributed by atoms with Crippen LogP contribution < -0.4 is 10.1 Å². The molecule has 0 unspecified atom stereocenters. The van der Waals surface area contributed by atoms with Gasteiger partial charge in [0.25, 0.3) is 0 Å². The van der Waals surface area contributed by atoms with Gasteiger partial charge in [-0.1, -0.05) is 12.5 Å². The minimum Gasteiger partial charge on any atom is -0.481 e. The van der Waals surface area contributed by atoms with Crippen LogP contribution in [0.1, 0.15) is 38.2 Å². The van der Waals surface area contributed by atoms with Gasteiger partial charge >= 0.3 is 0 Å². The molecule has 1 aliphatic carbocycles. The number of ether oxygens (including phenoxy) is 1. The SMILES string of the molecule is CCNC(=NCc1ccc(OC)nc1)N1CCC2(CCC2)C1.I. The quantitative estimate of drug-likeness (QED) is 0.453. The van der Waals surface area contributed by atoms with E-state index in [9.17, 15) is 0 Å². The van der Waals surface area contributed by atoms with E-state index >= 15 is 0 Å². The molecule has 1 spiro atoms. The molecule has 0 amide bonds. The molecular formula is C17H27IN4O. The van der Waals surface area contributed by atoms with Crippen LogP contribution in [0.2, 0.25) is 0 Å². The molecule has 2 fully saturated rings. The van der Waals surface area contributed by atoms with E-state index in [4.69, 9.17) is 9.73 Å². The molecule has 3 rings (SSSR count). The van der Waals surface area contributed by atoms with Gasteiger partial charge < -0.3 is 15.0 Å². The maximum atomic E-state index is 5.09. The van der Waals surface area contributed by atoms with Crippen LogP contribution in [-0.4, -0.2) is 42.6 Å². The predicted octanol–water partition coefficient (Wildman–Crippen LogP) is 3.05. The maximum Gasteiger partial charge on any atom is 0.212 e. The molecule has 2 heterocycles. The minimum absolute atomic E-state index is 0. The zero-order chi connectivity index (χ0) is 15.4. The maximum absolute atomic E-state index is 5.09. The molecule has 2 aliphatic rings. The van der Waals surface area contributed by atoms with Crippen LogP contribution in [0.15, 0.2) is 23.3 Å². The highest BCUT2D eigenvalue weighted by Gasteiger charge is 2.43. The second-order valence-corrected chi connectivity index (χ2v) is 6.40. The van der Waals surface area contributed by atoms with Gasteiger partial charge in [0.2, 0.25) is 5.88 Å². The Kier molecular flexibility index (Phi) is 6.50. The van der Waals surface area contributed by atoms with Crippen molar-refractivity contribution in [1.29, 1.82) is 0 Å². The van der Waals surface area contributed by atoms with Crippen molar-refractivity contribution in [2.45, 2.75) is 39.2 Å². The molecule has 128 valence electrons. The normalized spacial score (nSPS) is 19.2. The van der Waals surface area contributed by atoms with E-state index < -0.39 is 0 Å². The number of methoxy groups -OCH3 is 1. The van der Waals surface area contributed by atoms with Gasteiger partial charge in [0.1, 0.15) is 0 Å². The van der Waals surface area contributed by atoms with Crippen LogP contribution in [-0.2, 0) is 6.54 Å². The number of rotatable bonds is 4. The summed E-state index contributed by atoms with van der Waals surface area (Å²) in [7, 11) is 1.63. The second-order valence-electron chi connectivity index (χ2n) is 6.40. The third kappa shape index (κ3) is 4.28. The molecule has 6 heteroatoms. The molecule has 0 bridgehead atoms. The molecule has 0 aromatic carbocycles. The Balaban J connectivity index is 0.00000192. The lowest BCUT2D eigenvalue weighted by Crippen LogP contribution is -2.42. The number of hydrogen-bond acceptors (Lipinski definition) is 3. The van der Waals surface area contributed by atoms with E-state index in [1.165, 1.54) is 32.2 Å². The monoisotopic (exact) mass is 430 g/mol. The number of halogens is 1. The van der Waals surface area contributed by atoms with Gasteiger partial charge in [-0.25, -0.2) is 9.98 Å². The molecule has 0 atom stereocenters. The number of nitrogens with one attached hydrogen (secondary N) is 1. The molecule has 23 heavy (non-hydrogen) atoms. The Morgan fingerprint density at radius 1 is 1.39 bits per heavy atom. The lowest BCUT2D eigenvalue weighted by atomic mass is 9.68. The number of likely N-dealkylation sites (tertiary alicyclic amines) is 1. The first-order chi connectivity index (χ1) is 10.7. The highest BCUT2D eigenvalue weighted by Crippen LogP contribution is 2.47. The Morgan fingerprint density at radius 3 is 2.74 bits per heavy atom. The van der Waals surface area contributed by atoms with Crippen molar-refractivity contribution >= 4 is 29.9 Å². The Bertz CT molecular complexity index is 528. The summed E-state index contributed by atoms with van der Waals surface area (Å²) in [6.45, 7) is 5.98. The van der Waals surface area contributed by atoms with Gasteiger partial charge in [-0.15, -0.1) is 24.0 Å². The first-order valence-electron chi connectivity index (χ1n) is 8.27. The molecular weight excluding hydrogens is 403 g/mol. The third-order valence-electron chi connectivity index (χ3n) is 4.91. The smallest absolute Gasteiger partial charge is 0.212 e. The highest BCUT2D eigenvalue weighted by molar-refractivity contribution is 14.0. The molecule has 1 N–H and O–H groups in total. The summed E-state index contributed by atoms with van der Waals surface area (Å²) in [5.41, 5.74) is 1.70. The van der Waals surface area contributed by atoms with Crippen LogP contribution in [0.3, 0.4) is 0 Å². The van der Waals surface area contributed by atoms with E-state index in [1.807, 2.05) is 18.3 Å². The van der Waals surface area contributed by atoms with Crippen molar-refractivity contribution in [2.75, 3.05) is 26.7 Å².